The molecule has 3 saturated heterocycles. The number of carbonyl (C=O) groups is 1. The zero-order valence-corrected chi connectivity index (χ0v) is 28.1. The first kappa shape index (κ1) is 32.2. The van der Waals surface area contributed by atoms with Crippen molar-refractivity contribution in [1.82, 2.24) is 25.2 Å². The average molecular weight is 600 g/mol. The van der Waals surface area contributed by atoms with Gasteiger partial charge >= 0.3 is 0 Å². The van der Waals surface area contributed by atoms with E-state index < -0.39 is 0 Å². The van der Waals surface area contributed by atoms with E-state index >= 15 is 0 Å². The Labute approximate surface area is 259 Å². The molecule has 0 spiro atoms. The molecular formula is C34H57N5O2S. The van der Waals surface area contributed by atoms with Crippen molar-refractivity contribution < 1.29 is 9.53 Å². The molecule has 1 aromatic carbocycles. The fourth-order valence-corrected chi connectivity index (χ4v) is 8.91. The van der Waals surface area contributed by atoms with Crippen LogP contribution in [0.4, 0.5) is 0 Å². The summed E-state index contributed by atoms with van der Waals surface area (Å²) in [6, 6.07) is 6.87. The number of hydrogen-bond acceptors (Lipinski definition) is 7. The largest absolute Gasteiger partial charge is 0.356 e. The summed E-state index contributed by atoms with van der Waals surface area (Å²) < 4.78 is 11.0. The van der Waals surface area contributed by atoms with Crippen molar-refractivity contribution in [3.63, 3.8) is 0 Å². The van der Waals surface area contributed by atoms with Crippen LogP contribution in [0.2, 0.25) is 0 Å². The lowest BCUT2D eigenvalue weighted by Gasteiger charge is -2.43. The molecule has 5 rings (SSSR count). The predicted octanol–water partition coefficient (Wildman–Crippen LogP) is 5.73. The van der Waals surface area contributed by atoms with Crippen LogP contribution in [0.1, 0.15) is 102 Å². The third-order valence-electron chi connectivity index (χ3n) is 9.64. The molecule has 7 nitrogen and oxygen atoms in total. The third kappa shape index (κ3) is 8.30. The molecule has 1 amide bonds. The van der Waals surface area contributed by atoms with Crippen LogP contribution in [0.5, 0.6) is 0 Å². The predicted molar refractivity (Wildman–Crippen MR) is 174 cm³/mol. The van der Waals surface area contributed by atoms with Gasteiger partial charge < -0.3 is 9.64 Å². The number of benzene rings is 1. The van der Waals surface area contributed by atoms with Crippen LogP contribution in [0.25, 0.3) is 0 Å². The summed E-state index contributed by atoms with van der Waals surface area (Å²) in [7, 11) is 0. The molecule has 8 atom stereocenters. The maximum atomic E-state index is 13.9. The molecule has 1 aliphatic carbocycles. The van der Waals surface area contributed by atoms with Gasteiger partial charge in [-0.05, 0) is 73.5 Å². The minimum atomic E-state index is -0.118. The van der Waals surface area contributed by atoms with E-state index in [1.54, 1.807) is 0 Å². The summed E-state index contributed by atoms with van der Waals surface area (Å²) in [5, 5.41) is 8.31. The Morgan fingerprint density at radius 1 is 1.07 bits per heavy atom. The first-order chi connectivity index (χ1) is 19.9. The van der Waals surface area contributed by atoms with Crippen molar-refractivity contribution in [2.75, 3.05) is 26.2 Å². The van der Waals surface area contributed by atoms with Crippen LogP contribution in [0.3, 0.4) is 0 Å². The first-order valence-electron chi connectivity index (χ1n) is 16.6. The first-order valence-corrected chi connectivity index (χ1v) is 17.5. The van der Waals surface area contributed by atoms with Gasteiger partial charge in [-0.25, -0.2) is 4.72 Å². The van der Waals surface area contributed by atoms with E-state index in [1.807, 2.05) is 11.9 Å². The van der Waals surface area contributed by atoms with Crippen LogP contribution in [0, 0.1) is 31.1 Å². The number of nitrogens with one attached hydrogen (secondary N) is 3. The van der Waals surface area contributed by atoms with Crippen molar-refractivity contribution in [2.45, 2.75) is 129 Å². The molecule has 3 heterocycles. The number of nitrogens with zero attached hydrogens (tertiary/aromatic N) is 2. The lowest BCUT2D eigenvalue weighted by Crippen LogP contribution is -2.62. The molecule has 4 aliphatic rings. The summed E-state index contributed by atoms with van der Waals surface area (Å²) >= 11 is 1.92. The fourth-order valence-electron chi connectivity index (χ4n) is 7.79. The number of aryl methyl sites for hydroxylation is 2. The van der Waals surface area contributed by atoms with E-state index in [4.69, 9.17) is 4.74 Å². The Kier molecular flexibility index (Phi) is 10.6. The second-order valence-corrected chi connectivity index (χ2v) is 16.3. The molecule has 1 saturated carbocycles. The molecule has 3 N–H and O–H groups in total. The summed E-state index contributed by atoms with van der Waals surface area (Å²) in [5.41, 5.74) is 3.99. The van der Waals surface area contributed by atoms with Gasteiger partial charge in [0.05, 0.1) is 12.1 Å². The van der Waals surface area contributed by atoms with E-state index in [2.05, 4.69) is 91.8 Å². The number of rotatable bonds is 4. The molecule has 3 aliphatic heterocycles. The van der Waals surface area contributed by atoms with Crippen LogP contribution in [0.15, 0.2) is 18.2 Å². The average Bonchev–Trinajstić information content (AvgIpc) is 3.05. The normalized spacial score (nSPS) is 34.6. The highest BCUT2D eigenvalue weighted by atomic mass is 32.2. The monoisotopic (exact) mass is 599 g/mol. The SMILES string of the molecule is Cc1cccc(C)c1C1CC2NC(NSC3CCCC(C3)CN3CCN(C(=O)CC(C)(C)C)[C@H](CC(C)C)[C@H](C3)O2)N1. The molecule has 236 valence electrons. The maximum Gasteiger partial charge on any atom is 0.223 e. The number of ether oxygens (including phenoxy) is 1. The maximum absolute atomic E-state index is 13.9. The van der Waals surface area contributed by atoms with Gasteiger partial charge in [-0.2, -0.15) is 0 Å². The van der Waals surface area contributed by atoms with Gasteiger partial charge in [0.1, 0.15) is 12.5 Å². The van der Waals surface area contributed by atoms with Gasteiger partial charge in [-0.1, -0.05) is 71.2 Å². The van der Waals surface area contributed by atoms with E-state index in [-0.39, 0.29) is 42.0 Å². The highest BCUT2D eigenvalue weighted by molar-refractivity contribution is 7.98. The smallest absolute Gasteiger partial charge is 0.223 e. The molecule has 6 unspecified atom stereocenters. The lowest BCUT2D eigenvalue weighted by atomic mass is 9.88. The molecule has 6 bridgehead atoms. The van der Waals surface area contributed by atoms with Crippen LogP contribution in [-0.2, 0) is 9.53 Å². The Hall–Kier alpha value is -1.16. The quantitative estimate of drug-likeness (QED) is 0.382. The topological polar surface area (TPSA) is 68.9 Å². The molecule has 0 radical (unpaired) electrons. The zero-order chi connectivity index (χ0) is 30.0. The highest BCUT2D eigenvalue weighted by Gasteiger charge is 2.41. The van der Waals surface area contributed by atoms with E-state index in [0.717, 1.165) is 39.0 Å². The second-order valence-electron chi connectivity index (χ2n) is 15.2. The third-order valence-corrected chi connectivity index (χ3v) is 10.8. The van der Waals surface area contributed by atoms with E-state index in [0.29, 0.717) is 23.5 Å². The van der Waals surface area contributed by atoms with Gasteiger partial charge in [0.25, 0.3) is 0 Å². The number of fused-ring (bicyclic) bond motifs is 6. The van der Waals surface area contributed by atoms with Crippen molar-refractivity contribution in [1.29, 1.82) is 0 Å². The summed E-state index contributed by atoms with van der Waals surface area (Å²) in [6.07, 6.45) is 7.29. The number of carbonyl (C=O) groups excluding carboxylic acids is 1. The molecule has 42 heavy (non-hydrogen) atoms. The summed E-state index contributed by atoms with van der Waals surface area (Å²) in [4.78, 5) is 18.8. The molecular weight excluding hydrogens is 542 g/mol. The molecule has 4 fully saturated rings. The second kappa shape index (κ2) is 13.9. The number of amides is 1. The Bertz CT molecular complexity index is 1040. The summed E-state index contributed by atoms with van der Waals surface area (Å²) in [5.74, 6) is 1.46. The van der Waals surface area contributed by atoms with Crippen molar-refractivity contribution >= 4 is 17.9 Å². The number of hydrogen-bond donors (Lipinski definition) is 3. The van der Waals surface area contributed by atoms with Crippen LogP contribution < -0.4 is 15.4 Å². The molecule has 8 heteroatoms. The van der Waals surface area contributed by atoms with E-state index in [9.17, 15) is 4.79 Å². The fraction of sp³-hybridized carbons (Fsp3) is 0.794. The Morgan fingerprint density at radius 2 is 1.83 bits per heavy atom. The van der Waals surface area contributed by atoms with Gasteiger partial charge in [0.2, 0.25) is 5.91 Å². The lowest BCUT2D eigenvalue weighted by molar-refractivity contribution is -0.143. The van der Waals surface area contributed by atoms with Gasteiger partial charge in [-0.3, -0.25) is 20.3 Å². The molecule has 1 aromatic rings. The Balaban J connectivity index is 1.49. The van der Waals surface area contributed by atoms with E-state index in [1.165, 1.54) is 42.4 Å². The van der Waals surface area contributed by atoms with Crippen molar-refractivity contribution in [3.8, 4) is 0 Å². The van der Waals surface area contributed by atoms with Crippen molar-refractivity contribution in [2.24, 2.45) is 17.3 Å². The van der Waals surface area contributed by atoms with Gasteiger partial charge in [-0.15, -0.1) is 0 Å². The van der Waals surface area contributed by atoms with Crippen LogP contribution in [-0.4, -0.2) is 71.8 Å². The zero-order valence-electron chi connectivity index (χ0n) is 27.2. The minimum absolute atomic E-state index is 0.0400. The molecule has 0 aromatic heterocycles. The van der Waals surface area contributed by atoms with Crippen LogP contribution >= 0.6 is 11.9 Å². The standard InChI is InChI=1S/C34H57N5O2S/c1-22(2)16-28-29-21-38(14-15-39(28)31(40)19-34(5,6)7)20-25-12-9-13-26(17-25)42-37-33-35-27(18-30(36-33)41-29)32-23(3)10-8-11-24(32)4/h8,10-11,22,25-30,33,35-37H,9,12-21H2,1-7H3/t25?,26?,27?,28-,29+,30?,33?/m1/s1. The Morgan fingerprint density at radius 3 is 2.55 bits per heavy atom. The van der Waals surface area contributed by atoms with Gasteiger partial charge in [0, 0.05) is 50.3 Å². The van der Waals surface area contributed by atoms with Gasteiger partial charge in [0.15, 0.2) is 0 Å². The van der Waals surface area contributed by atoms with Crippen molar-refractivity contribution in [3.05, 3.63) is 34.9 Å². The highest BCUT2D eigenvalue weighted by Crippen LogP contribution is 2.35. The minimum Gasteiger partial charge on any atom is -0.356 e. The summed E-state index contributed by atoms with van der Waals surface area (Å²) in [6.45, 7) is 19.3.